The van der Waals surface area contributed by atoms with Crippen LogP contribution in [0.15, 0.2) is 0 Å². The molecule has 2 aliphatic heterocycles. The molecule has 11 heavy (non-hydrogen) atoms. The van der Waals surface area contributed by atoms with Gasteiger partial charge in [0.05, 0.1) is 26.2 Å². The van der Waals surface area contributed by atoms with Crippen LogP contribution in [-0.2, 0) is 0 Å². The van der Waals surface area contributed by atoms with Gasteiger partial charge in [-0.25, -0.2) is 0 Å². The lowest BCUT2D eigenvalue weighted by molar-refractivity contribution is -0.910. The Kier molecular flexibility index (Phi) is 2.65. The summed E-state index contributed by atoms with van der Waals surface area (Å²) < 4.78 is 1.40. The molecule has 3 unspecified atom stereocenters. The highest BCUT2D eigenvalue weighted by molar-refractivity contribution is 4.78. The van der Waals surface area contributed by atoms with E-state index in [1.165, 1.54) is 36.8 Å². The molecule has 1 nitrogen and oxygen atoms in total. The first-order valence-corrected chi connectivity index (χ1v) is 4.57. The minimum Gasteiger partial charge on any atom is -1.00 e. The molecule has 2 fully saturated rings. The van der Waals surface area contributed by atoms with E-state index < -0.39 is 0 Å². The minimum atomic E-state index is 0. The SMILES string of the molecule is CC1CC[N+]2(C)CCCC12.[Br-]. The fourth-order valence-corrected chi connectivity index (χ4v) is 3.01. The van der Waals surface area contributed by atoms with E-state index in [1.54, 1.807) is 0 Å². The van der Waals surface area contributed by atoms with Crippen LogP contribution in [0.3, 0.4) is 0 Å². The number of hydrogen-bond acceptors (Lipinski definition) is 0. The maximum atomic E-state index is 2.45. The lowest BCUT2D eigenvalue weighted by Gasteiger charge is -2.30. The lowest BCUT2D eigenvalue weighted by Crippen LogP contribution is -3.00. The number of rotatable bonds is 0. The fraction of sp³-hybridized carbons (Fsp3) is 1.00. The van der Waals surface area contributed by atoms with Gasteiger partial charge in [-0.3, -0.25) is 0 Å². The van der Waals surface area contributed by atoms with E-state index in [9.17, 15) is 0 Å². The topological polar surface area (TPSA) is 0 Å². The predicted molar refractivity (Wildman–Crippen MR) is 42.7 cm³/mol. The van der Waals surface area contributed by atoms with Crippen LogP contribution >= 0.6 is 0 Å². The van der Waals surface area contributed by atoms with Gasteiger partial charge in [-0.2, -0.15) is 0 Å². The molecule has 2 saturated heterocycles. The number of nitrogens with zero attached hydrogens (tertiary/aromatic N) is 1. The van der Waals surface area contributed by atoms with Crippen LogP contribution in [0.25, 0.3) is 0 Å². The summed E-state index contributed by atoms with van der Waals surface area (Å²) in [5, 5.41) is 0. The Morgan fingerprint density at radius 2 is 1.91 bits per heavy atom. The van der Waals surface area contributed by atoms with Gasteiger partial charge in [-0.1, -0.05) is 6.92 Å². The molecule has 2 heterocycles. The van der Waals surface area contributed by atoms with Gasteiger partial charge in [0.25, 0.3) is 0 Å². The van der Waals surface area contributed by atoms with E-state index >= 15 is 0 Å². The number of quaternary nitrogens is 1. The van der Waals surface area contributed by atoms with E-state index in [0.717, 1.165) is 12.0 Å². The highest BCUT2D eigenvalue weighted by Crippen LogP contribution is 2.37. The van der Waals surface area contributed by atoms with Crippen molar-refractivity contribution in [1.82, 2.24) is 0 Å². The van der Waals surface area contributed by atoms with Gasteiger partial charge >= 0.3 is 0 Å². The molecule has 0 N–H and O–H groups in total. The van der Waals surface area contributed by atoms with Crippen molar-refractivity contribution in [2.45, 2.75) is 32.2 Å². The Morgan fingerprint density at radius 3 is 2.55 bits per heavy atom. The molecule has 0 bridgehead atoms. The summed E-state index contributed by atoms with van der Waals surface area (Å²) in [5.74, 6) is 1.01. The molecule has 0 aromatic carbocycles. The Morgan fingerprint density at radius 1 is 1.18 bits per heavy atom. The first-order chi connectivity index (χ1) is 4.72. The second-order valence-electron chi connectivity index (χ2n) is 4.40. The van der Waals surface area contributed by atoms with Crippen LogP contribution in [-0.4, -0.2) is 30.7 Å². The molecule has 0 amide bonds. The zero-order chi connectivity index (χ0) is 7.19. The summed E-state index contributed by atoms with van der Waals surface area (Å²) in [6.07, 6.45) is 4.45. The molecule has 0 radical (unpaired) electrons. The third kappa shape index (κ3) is 1.35. The van der Waals surface area contributed by atoms with Crippen molar-refractivity contribution in [2.75, 3.05) is 20.1 Å². The summed E-state index contributed by atoms with van der Waals surface area (Å²) in [4.78, 5) is 0. The first kappa shape index (κ1) is 9.53. The second-order valence-corrected chi connectivity index (χ2v) is 4.40. The van der Waals surface area contributed by atoms with E-state index in [2.05, 4.69) is 14.0 Å². The van der Waals surface area contributed by atoms with Crippen molar-refractivity contribution in [3.05, 3.63) is 0 Å². The Balaban J connectivity index is 0.000000605. The summed E-state index contributed by atoms with van der Waals surface area (Å²) >= 11 is 0. The zero-order valence-electron chi connectivity index (χ0n) is 7.52. The Labute approximate surface area is 80.1 Å². The van der Waals surface area contributed by atoms with Crippen molar-refractivity contribution in [3.63, 3.8) is 0 Å². The van der Waals surface area contributed by atoms with Crippen LogP contribution in [0.5, 0.6) is 0 Å². The molecule has 0 aliphatic carbocycles. The van der Waals surface area contributed by atoms with Gasteiger partial charge in [-0.15, -0.1) is 0 Å². The van der Waals surface area contributed by atoms with Gasteiger partial charge in [0.2, 0.25) is 0 Å². The van der Waals surface area contributed by atoms with Crippen molar-refractivity contribution in [3.8, 4) is 0 Å². The monoisotopic (exact) mass is 219 g/mol. The highest BCUT2D eigenvalue weighted by atomic mass is 79.9. The maximum Gasteiger partial charge on any atom is 0.0918 e. The summed E-state index contributed by atoms with van der Waals surface area (Å²) in [6.45, 7) is 5.33. The van der Waals surface area contributed by atoms with Crippen LogP contribution in [0.2, 0.25) is 0 Å². The zero-order valence-corrected chi connectivity index (χ0v) is 9.10. The van der Waals surface area contributed by atoms with Gasteiger partial charge in [0, 0.05) is 25.2 Å². The normalized spacial score (nSPS) is 48.5. The minimum absolute atomic E-state index is 0. The average molecular weight is 220 g/mol. The highest BCUT2D eigenvalue weighted by Gasteiger charge is 2.46. The van der Waals surface area contributed by atoms with Crippen LogP contribution in [0, 0.1) is 5.92 Å². The van der Waals surface area contributed by atoms with Gasteiger partial charge in [0.1, 0.15) is 0 Å². The predicted octanol–water partition coefficient (Wildman–Crippen LogP) is -1.36. The standard InChI is InChI=1S/C9H18N.BrH/c1-8-5-7-10(2)6-3-4-9(8)10;/h8-9H,3-7H2,1-2H3;1H/q+1;/p-1. The summed E-state index contributed by atoms with van der Waals surface area (Å²) in [5.41, 5.74) is 0. The molecule has 2 heteroatoms. The summed E-state index contributed by atoms with van der Waals surface area (Å²) in [6, 6.07) is 1.03. The van der Waals surface area contributed by atoms with E-state index in [1.807, 2.05) is 0 Å². The molecular weight excluding hydrogens is 202 g/mol. The van der Waals surface area contributed by atoms with Crippen molar-refractivity contribution >= 4 is 0 Å². The number of hydrogen-bond donors (Lipinski definition) is 0. The average Bonchev–Trinajstić information content (AvgIpc) is 2.35. The second kappa shape index (κ2) is 3.06. The van der Waals surface area contributed by atoms with Crippen LogP contribution in [0.4, 0.5) is 0 Å². The molecule has 0 saturated carbocycles. The lowest BCUT2D eigenvalue weighted by atomic mass is 10.0. The molecule has 0 spiro atoms. The van der Waals surface area contributed by atoms with E-state index in [4.69, 9.17) is 0 Å². The Hall–Kier alpha value is 0.440. The van der Waals surface area contributed by atoms with Gasteiger partial charge in [0.15, 0.2) is 0 Å². The third-order valence-electron chi connectivity index (χ3n) is 3.72. The van der Waals surface area contributed by atoms with E-state index in [-0.39, 0.29) is 17.0 Å². The first-order valence-electron chi connectivity index (χ1n) is 4.57. The van der Waals surface area contributed by atoms with E-state index in [0.29, 0.717) is 0 Å². The molecule has 66 valence electrons. The van der Waals surface area contributed by atoms with Crippen LogP contribution in [0.1, 0.15) is 26.2 Å². The number of halogens is 1. The Bertz CT molecular complexity index is 148. The van der Waals surface area contributed by atoms with Gasteiger partial charge in [-0.05, 0) is 0 Å². The van der Waals surface area contributed by atoms with Gasteiger partial charge < -0.3 is 21.5 Å². The van der Waals surface area contributed by atoms with Crippen LogP contribution < -0.4 is 17.0 Å². The molecule has 2 aliphatic rings. The smallest absolute Gasteiger partial charge is 0.0918 e. The summed E-state index contributed by atoms with van der Waals surface area (Å²) in [7, 11) is 2.45. The maximum absolute atomic E-state index is 2.45. The van der Waals surface area contributed by atoms with Crippen molar-refractivity contribution in [2.24, 2.45) is 5.92 Å². The fourth-order valence-electron chi connectivity index (χ4n) is 3.01. The quantitative estimate of drug-likeness (QED) is 0.442. The largest absolute Gasteiger partial charge is 1.00 e. The molecule has 2 rings (SSSR count). The number of fused-ring (bicyclic) bond motifs is 1. The van der Waals surface area contributed by atoms with Crippen molar-refractivity contribution < 1.29 is 21.5 Å². The molecule has 0 aromatic rings. The third-order valence-corrected chi connectivity index (χ3v) is 3.72. The molecule has 3 atom stereocenters. The van der Waals surface area contributed by atoms with Crippen molar-refractivity contribution in [1.29, 1.82) is 0 Å². The molecule has 0 aromatic heterocycles. The molecular formula is C9H18BrN.